The third kappa shape index (κ3) is 3.12. The first kappa shape index (κ1) is 20.5. The molecule has 2 aromatic heterocycles. The standard InChI is InChI=1S/C27H26N2O3/c1-4-32-27(31)25-24(22-11-13-28-23-8-6-5-7-21(22)23)16(2)29-14-12-19-15-18(17(3)30)9-10-20(19)26(25)29/h5-11,13,15,17,30H,4,12,14H2,1-3H3. The van der Waals surface area contributed by atoms with Crippen molar-refractivity contribution in [3.05, 3.63) is 77.1 Å². The van der Waals surface area contributed by atoms with Gasteiger partial charge in [0.15, 0.2) is 0 Å². The summed E-state index contributed by atoms with van der Waals surface area (Å²) < 4.78 is 7.79. The van der Waals surface area contributed by atoms with E-state index in [-0.39, 0.29) is 5.97 Å². The van der Waals surface area contributed by atoms with Crippen molar-refractivity contribution in [3.63, 3.8) is 0 Å². The molecule has 162 valence electrons. The van der Waals surface area contributed by atoms with E-state index in [0.717, 1.165) is 63.1 Å². The van der Waals surface area contributed by atoms with Crippen LogP contribution in [0.1, 0.15) is 47.1 Å². The van der Waals surface area contributed by atoms with Crippen LogP contribution in [0.3, 0.4) is 0 Å². The lowest BCUT2D eigenvalue weighted by molar-refractivity contribution is 0.0528. The van der Waals surface area contributed by atoms with Gasteiger partial charge in [0, 0.05) is 34.9 Å². The molecule has 0 aliphatic carbocycles. The molecule has 3 heterocycles. The van der Waals surface area contributed by atoms with Gasteiger partial charge in [-0.3, -0.25) is 4.98 Å². The number of nitrogens with zero attached hydrogens (tertiary/aromatic N) is 2. The van der Waals surface area contributed by atoms with Gasteiger partial charge >= 0.3 is 5.97 Å². The van der Waals surface area contributed by atoms with Crippen molar-refractivity contribution in [3.8, 4) is 22.4 Å². The summed E-state index contributed by atoms with van der Waals surface area (Å²) in [6.07, 6.45) is 2.11. The van der Waals surface area contributed by atoms with Gasteiger partial charge in [-0.2, -0.15) is 0 Å². The van der Waals surface area contributed by atoms with Gasteiger partial charge in [0.25, 0.3) is 0 Å². The van der Waals surface area contributed by atoms with Crippen LogP contribution in [0.5, 0.6) is 0 Å². The molecule has 0 saturated heterocycles. The van der Waals surface area contributed by atoms with E-state index in [1.165, 1.54) is 0 Å². The molecule has 0 saturated carbocycles. The van der Waals surface area contributed by atoms with Gasteiger partial charge in [0.2, 0.25) is 0 Å². The van der Waals surface area contributed by atoms with Gasteiger partial charge in [-0.15, -0.1) is 0 Å². The minimum atomic E-state index is -0.529. The minimum Gasteiger partial charge on any atom is -0.462 e. The molecule has 1 N–H and O–H groups in total. The second-order valence-corrected chi connectivity index (χ2v) is 8.27. The van der Waals surface area contributed by atoms with E-state index in [4.69, 9.17) is 4.74 Å². The normalized spacial score (nSPS) is 13.5. The molecule has 1 aliphatic rings. The Hall–Kier alpha value is -3.44. The maximum absolute atomic E-state index is 13.4. The van der Waals surface area contributed by atoms with E-state index < -0.39 is 6.10 Å². The Bertz CT molecular complexity index is 1350. The van der Waals surface area contributed by atoms with Crippen molar-refractivity contribution in [2.75, 3.05) is 6.61 Å². The maximum Gasteiger partial charge on any atom is 0.340 e. The van der Waals surface area contributed by atoms with Crippen LogP contribution in [0.4, 0.5) is 0 Å². The highest BCUT2D eigenvalue weighted by molar-refractivity contribution is 6.09. The van der Waals surface area contributed by atoms with Crippen molar-refractivity contribution in [2.45, 2.75) is 39.8 Å². The van der Waals surface area contributed by atoms with Crippen LogP contribution >= 0.6 is 0 Å². The first-order chi connectivity index (χ1) is 15.5. The molecule has 2 aromatic carbocycles. The Kier molecular flexibility index (Phi) is 5.06. The lowest BCUT2D eigenvalue weighted by atomic mass is 9.91. The number of rotatable bonds is 4. The molecule has 5 rings (SSSR count). The average molecular weight is 427 g/mol. The highest BCUT2D eigenvalue weighted by Gasteiger charge is 2.32. The van der Waals surface area contributed by atoms with Gasteiger partial charge in [0.1, 0.15) is 0 Å². The molecule has 32 heavy (non-hydrogen) atoms. The molecule has 0 amide bonds. The van der Waals surface area contributed by atoms with Crippen LogP contribution in [-0.4, -0.2) is 27.2 Å². The zero-order valence-electron chi connectivity index (χ0n) is 18.6. The quantitative estimate of drug-likeness (QED) is 0.440. The predicted octanol–water partition coefficient (Wildman–Crippen LogP) is 5.46. The zero-order valence-corrected chi connectivity index (χ0v) is 18.6. The highest BCUT2D eigenvalue weighted by atomic mass is 16.5. The topological polar surface area (TPSA) is 64.3 Å². The number of fused-ring (bicyclic) bond motifs is 4. The molecule has 1 aliphatic heterocycles. The number of aliphatic hydroxyl groups excluding tert-OH is 1. The number of carbonyl (C=O) groups excluding carboxylic acids is 1. The van der Waals surface area contributed by atoms with Crippen molar-refractivity contribution >= 4 is 16.9 Å². The predicted molar refractivity (Wildman–Crippen MR) is 126 cm³/mol. The second kappa shape index (κ2) is 7.92. The van der Waals surface area contributed by atoms with Crippen LogP contribution in [0.15, 0.2) is 54.7 Å². The third-order valence-corrected chi connectivity index (χ3v) is 6.39. The second-order valence-electron chi connectivity index (χ2n) is 8.27. The first-order valence-corrected chi connectivity index (χ1v) is 11.1. The summed E-state index contributed by atoms with van der Waals surface area (Å²) in [7, 11) is 0. The van der Waals surface area contributed by atoms with E-state index in [9.17, 15) is 9.90 Å². The van der Waals surface area contributed by atoms with Crippen molar-refractivity contribution in [1.29, 1.82) is 0 Å². The van der Waals surface area contributed by atoms with Gasteiger partial charge in [-0.05, 0) is 56.0 Å². The van der Waals surface area contributed by atoms with E-state index in [1.54, 1.807) is 13.1 Å². The number of carbonyl (C=O) groups is 1. The minimum absolute atomic E-state index is 0.312. The molecular formula is C27H26N2O3. The number of para-hydroxylation sites is 1. The van der Waals surface area contributed by atoms with Crippen molar-refractivity contribution in [1.82, 2.24) is 9.55 Å². The summed E-state index contributed by atoms with van der Waals surface area (Å²) in [4.78, 5) is 17.9. The molecule has 4 aromatic rings. The van der Waals surface area contributed by atoms with Gasteiger partial charge in [0.05, 0.1) is 29.5 Å². The van der Waals surface area contributed by atoms with E-state index in [2.05, 4.69) is 22.5 Å². The number of aromatic nitrogens is 2. The van der Waals surface area contributed by atoms with Gasteiger partial charge in [-0.1, -0.05) is 36.4 Å². The fourth-order valence-electron chi connectivity index (χ4n) is 4.89. The third-order valence-electron chi connectivity index (χ3n) is 6.39. The number of ether oxygens (including phenoxy) is 1. The number of benzene rings is 2. The molecule has 5 nitrogen and oxygen atoms in total. The lowest BCUT2D eigenvalue weighted by Crippen LogP contribution is -2.15. The molecule has 0 bridgehead atoms. The number of aryl methyl sites for hydroxylation is 1. The van der Waals surface area contributed by atoms with Crippen LogP contribution in [0, 0.1) is 6.92 Å². The van der Waals surface area contributed by atoms with Crippen molar-refractivity contribution in [2.24, 2.45) is 0 Å². The average Bonchev–Trinajstić information content (AvgIpc) is 3.11. The SMILES string of the molecule is CCOC(=O)c1c(-c2ccnc3ccccc23)c(C)n2c1-c1ccc(C(C)O)cc1CC2. The number of hydrogen-bond donors (Lipinski definition) is 1. The Labute approximate surface area is 187 Å². The molecular weight excluding hydrogens is 400 g/mol. The van der Waals surface area contributed by atoms with Gasteiger partial charge < -0.3 is 14.4 Å². The van der Waals surface area contributed by atoms with E-state index in [1.807, 2.05) is 49.4 Å². The smallest absolute Gasteiger partial charge is 0.340 e. The first-order valence-electron chi connectivity index (χ1n) is 11.1. The fraction of sp³-hybridized carbons (Fsp3) is 0.259. The molecule has 0 spiro atoms. The van der Waals surface area contributed by atoms with Crippen LogP contribution < -0.4 is 0 Å². The number of pyridine rings is 1. The summed E-state index contributed by atoms with van der Waals surface area (Å²) in [5.41, 5.74) is 8.39. The number of aliphatic hydroxyl groups is 1. The number of esters is 1. The molecule has 1 unspecified atom stereocenters. The lowest BCUT2D eigenvalue weighted by Gasteiger charge is -2.22. The maximum atomic E-state index is 13.4. The van der Waals surface area contributed by atoms with E-state index >= 15 is 0 Å². The fourth-order valence-corrected chi connectivity index (χ4v) is 4.89. The number of hydrogen-bond acceptors (Lipinski definition) is 4. The van der Waals surface area contributed by atoms with Gasteiger partial charge in [-0.25, -0.2) is 4.79 Å². The monoisotopic (exact) mass is 426 g/mol. The Morgan fingerprint density at radius 3 is 2.78 bits per heavy atom. The Morgan fingerprint density at radius 1 is 1.19 bits per heavy atom. The Morgan fingerprint density at radius 2 is 2.00 bits per heavy atom. The summed E-state index contributed by atoms with van der Waals surface area (Å²) in [6.45, 7) is 6.76. The van der Waals surface area contributed by atoms with Crippen molar-refractivity contribution < 1.29 is 14.6 Å². The zero-order chi connectivity index (χ0) is 22.4. The molecule has 5 heteroatoms. The molecule has 0 radical (unpaired) electrons. The van der Waals surface area contributed by atoms with Crippen LogP contribution in [0.25, 0.3) is 33.3 Å². The summed E-state index contributed by atoms with van der Waals surface area (Å²) >= 11 is 0. The largest absolute Gasteiger partial charge is 0.462 e. The van der Waals surface area contributed by atoms with Crippen LogP contribution in [-0.2, 0) is 17.7 Å². The van der Waals surface area contributed by atoms with Crippen LogP contribution in [0.2, 0.25) is 0 Å². The van der Waals surface area contributed by atoms with E-state index in [0.29, 0.717) is 12.2 Å². The highest BCUT2D eigenvalue weighted by Crippen LogP contribution is 2.44. The summed E-state index contributed by atoms with van der Waals surface area (Å²) in [5, 5.41) is 11.1. The molecule has 0 fully saturated rings. The summed E-state index contributed by atoms with van der Waals surface area (Å²) in [6, 6.07) is 16.0. The Balaban J connectivity index is 1.83. The summed E-state index contributed by atoms with van der Waals surface area (Å²) in [5.74, 6) is -0.312. The molecule has 1 atom stereocenters.